The number of hydrogen-bond acceptors (Lipinski definition) is 4. The van der Waals surface area contributed by atoms with Gasteiger partial charge in [-0.05, 0) is 48.4 Å². The molecule has 1 heterocycles. The van der Waals surface area contributed by atoms with E-state index in [2.05, 4.69) is 10.9 Å². The van der Waals surface area contributed by atoms with Crippen LogP contribution in [0, 0.1) is 5.82 Å². The zero-order chi connectivity index (χ0) is 21.7. The maximum atomic E-state index is 12.9. The number of hydrazine groups is 1. The number of rotatable bonds is 5. The lowest BCUT2D eigenvalue weighted by atomic mass is 9.93. The van der Waals surface area contributed by atoms with E-state index in [0.29, 0.717) is 5.75 Å². The maximum Gasteiger partial charge on any atom is 0.279 e. The second kappa shape index (κ2) is 9.21. The predicted octanol–water partition coefficient (Wildman–Crippen LogP) is 2.70. The number of ether oxygens (including phenoxy) is 1. The number of benzene rings is 2. The molecule has 0 aromatic heterocycles. The Balaban J connectivity index is 1.57. The Hall–Kier alpha value is -3.68. The van der Waals surface area contributed by atoms with Gasteiger partial charge in [-0.1, -0.05) is 24.3 Å². The highest BCUT2D eigenvalue weighted by molar-refractivity contribution is 5.86. The lowest BCUT2D eigenvalue weighted by Gasteiger charge is -2.32. The van der Waals surface area contributed by atoms with Gasteiger partial charge in [0.1, 0.15) is 11.6 Å². The number of carbonyl (C=O) groups excluding carboxylic acids is 3. The lowest BCUT2D eigenvalue weighted by Crippen LogP contribution is -2.48. The smallest absolute Gasteiger partial charge is 0.279 e. The van der Waals surface area contributed by atoms with Crippen molar-refractivity contribution >= 4 is 23.8 Å². The SMILES string of the molecule is CC(=O)N1C=Cc2ccccc2[C@H]1CC(=O)NNC(=O)[C@@H](C)Oc1ccc(F)cc1. The van der Waals surface area contributed by atoms with E-state index in [9.17, 15) is 18.8 Å². The third-order valence-corrected chi connectivity index (χ3v) is 4.67. The standard InChI is InChI=1S/C22H22FN3O4/c1-14(30-18-9-7-17(23)8-10-18)22(29)25-24-21(28)13-20-19-6-4-3-5-16(19)11-12-26(20)15(2)27/h3-12,14,20H,13H2,1-2H3,(H,24,28)(H,25,29)/t14-,20-/m1/s1. The second-order valence-corrected chi connectivity index (χ2v) is 6.84. The largest absolute Gasteiger partial charge is 0.481 e. The van der Waals surface area contributed by atoms with E-state index in [-0.39, 0.29) is 12.3 Å². The van der Waals surface area contributed by atoms with Gasteiger partial charge in [0.15, 0.2) is 6.10 Å². The summed E-state index contributed by atoms with van der Waals surface area (Å²) in [7, 11) is 0. The van der Waals surface area contributed by atoms with Gasteiger partial charge in [0, 0.05) is 13.1 Å². The van der Waals surface area contributed by atoms with E-state index in [1.165, 1.54) is 43.0 Å². The molecular formula is C22H22FN3O4. The first-order valence-electron chi connectivity index (χ1n) is 9.42. The third-order valence-electron chi connectivity index (χ3n) is 4.67. The Morgan fingerprint density at radius 1 is 1.10 bits per heavy atom. The molecule has 7 nitrogen and oxygen atoms in total. The summed E-state index contributed by atoms with van der Waals surface area (Å²) in [5.41, 5.74) is 6.45. The quantitative estimate of drug-likeness (QED) is 0.741. The average molecular weight is 411 g/mol. The summed E-state index contributed by atoms with van der Waals surface area (Å²) in [6.07, 6.45) is 2.53. The normalized spacial score (nSPS) is 15.7. The average Bonchev–Trinajstić information content (AvgIpc) is 2.73. The summed E-state index contributed by atoms with van der Waals surface area (Å²) in [5, 5.41) is 0. The molecule has 2 aromatic rings. The van der Waals surface area contributed by atoms with Crippen molar-refractivity contribution in [1.29, 1.82) is 0 Å². The van der Waals surface area contributed by atoms with Crippen LogP contribution < -0.4 is 15.6 Å². The summed E-state index contributed by atoms with van der Waals surface area (Å²) >= 11 is 0. The van der Waals surface area contributed by atoms with E-state index < -0.39 is 29.8 Å². The molecule has 1 aliphatic heterocycles. The van der Waals surface area contributed by atoms with Crippen molar-refractivity contribution < 1.29 is 23.5 Å². The Morgan fingerprint density at radius 2 is 1.80 bits per heavy atom. The number of fused-ring (bicyclic) bond motifs is 1. The summed E-state index contributed by atoms with van der Waals surface area (Å²) in [6.45, 7) is 2.93. The van der Waals surface area contributed by atoms with E-state index in [1.807, 2.05) is 30.3 Å². The fourth-order valence-corrected chi connectivity index (χ4v) is 3.14. The minimum absolute atomic E-state index is 0.0333. The molecule has 0 radical (unpaired) electrons. The molecule has 2 atom stereocenters. The molecule has 0 bridgehead atoms. The number of halogens is 1. The Morgan fingerprint density at radius 3 is 2.50 bits per heavy atom. The fourth-order valence-electron chi connectivity index (χ4n) is 3.14. The first kappa shape index (κ1) is 21.0. The molecule has 156 valence electrons. The van der Waals surface area contributed by atoms with E-state index in [4.69, 9.17) is 4.74 Å². The van der Waals surface area contributed by atoms with Crippen LogP contribution in [-0.2, 0) is 14.4 Å². The maximum absolute atomic E-state index is 12.9. The van der Waals surface area contributed by atoms with Gasteiger partial charge in [0.25, 0.3) is 5.91 Å². The van der Waals surface area contributed by atoms with Crippen LogP contribution in [0.2, 0.25) is 0 Å². The molecule has 2 aromatic carbocycles. The first-order valence-corrected chi connectivity index (χ1v) is 9.42. The summed E-state index contributed by atoms with van der Waals surface area (Å²) < 4.78 is 18.4. The number of hydrogen-bond donors (Lipinski definition) is 2. The van der Waals surface area contributed by atoms with Gasteiger partial charge in [-0.2, -0.15) is 0 Å². The van der Waals surface area contributed by atoms with Crippen molar-refractivity contribution in [2.24, 2.45) is 0 Å². The molecule has 1 aliphatic rings. The van der Waals surface area contributed by atoms with Crippen molar-refractivity contribution in [2.75, 3.05) is 0 Å². The number of nitrogens with zero attached hydrogens (tertiary/aromatic N) is 1. The topological polar surface area (TPSA) is 87.7 Å². The Kier molecular flexibility index (Phi) is 6.46. The van der Waals surface area contributed by atoms with Crippen LogP contribution in [0.5, 0.6) is 5.75 Å². The van der Waals surface area contributed by atoms with Crippen molar-refractivity contribution in [1.82, 2.24) is 15.8 Å². The molecule has 0 fully saturated rings. The van der Waals surface area contributed by atoms with E-state index in [1.54, 1.807) is 6.20 Å². The molecule has 0 unspecified atom stereocenters. The fraction of sp³-hybridized carbons (Fsp3) is 0.227. The molecule has 0 aliphatic carbocycles. The van der Waals surface area contributed by atoms with Crippen LogP contribution in [0.25, 0.3) is 6.08 Å². The van der Waals surface area contributed by atoms with Gasteiger partial charge in [-0.15, -0.1) is 0 Å². The molecule has 30 heavy (non-hydrogen) atoms. The highest BCUT2D eigenvalue weighted by Gasteiger charge is 2.28. The van der Waals surface area contributed by atoms with Crippen LogP contribution in [0.15, 0.2) is 54.7 Å². The molecule has 3 amide bonds. The molecule has 3 rings (SSSR count). The highest BCUT2D eigenvalue weighted by atomic mass is 19.1. The molecule has 8 heteroatoms. The van der Waals surface area contributed by atoms with Crippen LogP contribution in [0.4, 0.5) is 4.39 Å². The van der Waals surface area contributed by atoms with Crippen molar-refractivity contribution in [3.63, 3.8) is 0 Å². The van der Waals surface area contributed by atoms with Crippen LogP contribution >= 0.6 is 0 Å². The summed E-state index contributed by atoms with van der Waals surface area (Å²) in [4.78, 5) is 38.1. The van der Waals surface area contributed by atoms with Gasteiger partial charge in [-0.3, -0.25) is 25.2 Å². The molecule has 0 saturated heterocycles. The van der Waals surface area contributed by atoms with Gasteiger partial charge < -0.3 is 9.64 Å². The first-order chi connectivity index (χ1) is 14.3. The number of carbonyl (C=O) groups is 3. The van der Waals surface area contributed by atoms with Gasteiger partial charge in [-0.25, -0.2) is 4.39 Å². The third kappa shape index (κ3) is 5.02. The van der Waals surface area contributed by atoms with E-state index >= 15 is 0 Å². The Labute approximate surface area is 173 Å². The zero-order valence-corrected chi connectivity index (χ0v) is 16.6. The van der Waals surface area contributed by atoms with Crippen LogP contribution in [0.1, 0.15) is 37.4 Å². The van der Waals surface area contributed by atoms with Gasteiger partial charge in [0.2, 0.25) is 11.8 Å². The molecular weight excluding hydrogens is 389 g/mol. The van der Waals surface area contributed by atoms with E-state index in [0.717, 1.165) is 11.1 Å². The Bertz CT molecular complexity index is 975. The predicted molar refractivity (Wildman–Crippen MR) is 108 cm³/mol. The minimum Gasteiger partial charge on any atom is -0.481 e. The highest BCUT2D eigenvalue weighted by Crippen LogP contribution is 2.32. The van der Waals surface area contributed by atoms with Crippen molar-refractivity contribution in [3.8, 4) is 5.75 Å². The molecule has 2 N–H and O–H groups in total. The minimum atomic E-state index is -0.914. The number of nitrogens with one attached hydrogen (secondary N) is 2. The van der Waals surface area contributed by atoms with Crippen LogP contribution in [0.3, 0.4) is 0 Å². The second-order valence-electron chi connectivity index (χ2n) is 6.84. The zero-order valence-electron chi connectivity index (χ0n) is 16.6. The van der Waals surface area contributed by atoms with Gasteiger partial charge >= 0.3 is 0 Å². The number of amides is 3. The van der Waals surface area contributed by atoms with Gasteiger partial charge in [0.05, 0.1) is 12.5 Å². The summed E-state index contributed by atoms with van der Waals surface area (Å²) in [5.74, 6) is -1.30. The molecule has 0 saturated carbocycles. The van der Waals surface area contributed by atoms with Crippen molar-refractivity contribution in [3.05, 3.63) is 71.7 Å². The van der Waals surface area contributed by atoms with Crippen LogP contribution in [-0.4, -0.2) is 28.7 Å². The monoisotopic (exact) mass is 411 g/mol. The lowest BCUT2D eigenvalue weighted by molar-refractivity contribution is -0.134. The van der Waals surface area contributed by atoms with Crippen molar-refractivity contribution in [2.45, 2.75) is 32.4 Å². The summed E-state index contributed by atoms with van der Waals surface area (Å²) in [6, 6.07) is 12.3. The molecule has 0 spiro atoms.